The van der Waals surface area contributed by atoms with Crippen LogP contribution in [-0.2, 0) is 105 Å². The number of amides is 5. The number of nitrogens with one attached hydrogen (secondary N) is 5. The van der Waals surface area contributed by atoms with E-state index in [2.05, 4.69) is 26.6 Å². The number of unbranched alkanes of at least 4 members (excludes halogenated alkanes) is 1. The molecule has 2 saturated heterocycles. The highest BCUT2D eigenvalue weighted by Crippen LogP contribution is 2.29. The fourth-order valence-corrected chi connectivity index (χ4v) is 7.39. The molecule has 0 aliphatic carbocycles. The molecular weight excluding hydrogens is 1010 g/mol. The van der Waals surface area contributed by atoms with Crippen LogP contribution < -0.4 is 26.6 Å². The van der Waals surface area contributed by atoms with Gasteiger partial charge in [0.1, 0.15) is 63.4 Å². The molecule has 30 heteroatoms. The lowest BCUT2D eigenvalue weighted by molar-refractivity contribution is -0.276. The predicted molar refractivity (Wildman–Crippen MR) is 245 cm³/mol. The van der Waals surface area contributed by atoms with Crippen molar-refractivity contribution in [2.75, 3.05) is 52.7 Å². The van der Waals surface area contributed by atoms with Crippen LogP contribution in [0.5, 0.6) is 0 Å². The molecule has 75 heavy (non-hydrogen) atoms. The molecule has 0 unspecified atom stereocenters. The third-order valence-corrected chi connectivity index (χ3v) is 10.4. The maximum atomic E-state index is 13.6. The van der Waals surface area contributed by atoms with E-state index in [-0.39, 0.29) is 45.2 Å². The first-order valence-corrected chi connectivity index (χ1v) is 23.6. The zero-order valence-corrected chi connectivity index (χ0v) is 42.9. The number of hydrogen-bond acceptors (Lipinski definition) is 25. The van der Waals surface area contributed by atoms with Gasteiger partial charge in [0.2, 0.25) is 23.6 Å². The van der Waals surface area contributed by atoms with Crippen molar-refractivity contribution in [2.24, 2.45) is 0 Å². The SMILES string of the molecule is CC(=O)N[C@H]1[C@H](OCC(=O)NCCCC[C@H](NC(=O)CO[C@@H]2O[C@H](COC(C)=O)[C@H](OC(C)=O)[C@H](OC(C)=O)[C@H]2NC(C)=O)C(=O)CCCNC(=O)OC[C@H](O)CO)O[C@H](COC(C)=O)[C@H](OC(C)=O)[C@@H]1OC(C)=O. The minimum Gasteiger partial charge on any atom is -0.463 e. The highest BCUT2D eigenvalue weighted by Gasteiger charge is 2.53. The van der Waals surface area contributed by atoms with Gasteiger partial charge in [0, 0.05) is 74.9 Å². The number of ketones is 1. The number of hydrogen-bond donors (Lipinski definition) is 7. The molecule has 0 aromatic carbocycles. The van der Waals surface area contributed by atoms with Gasteiger partial charge in [-0.25, -0.2) is 4.79 Å². The van der Waals surface area contributed by atoms with E-state index in [0.717, 1.165) is 55.4 Å². The first-order chi connectivity index (χ1) is 35.3. The Morgan fingerprint density at radius 1 is 0.533 bits per heavy atom. The van der Waals surface area contributed by atoms with Crippen LogP contribution >= 0.6 is 0 Å². The molecule has 2 aliphatic heterocycles. The van der Waals surface area contributed by atoms with Crippen molar-refractivity contribution in [1.82, 2.24) is 26.6 Å². The molecule has 424 valence electrons. The zero-order chi connectivity index (χ0) is 56.4. The van der Waals surface area contributed by atoms with E-state index in [9.17, 15) is 62.6 Å². The molecule has 0 aromatic heterocycles. The lowest BCUT2D eigenvalue weighted by Crippen LogP contribution is -2.66. The summed E-state index contributed by atoms with van der Waals surface area (Å²) in [4.78, 5) is 149. The van der Waals surface area contributed by atoms with Crippen molar-refractivity contribution < 1.29 is 120 Å². The van der Waals surface area contributed by atoms with Gasteiger partial charge in [-0.1, -0.05) is 0 Å². The summed E-state index contributed by atoms with van der Waals surface area (Å²) < 4.78 is 59.8. The topological polar surface area (TPSA) is 407 Å². The largest absolute Gasteiger partial charge is 0.463 e. The monoisotopic (exact) mass is 1080 g/mol. The third-order valence-electron chi connectivity index (χ3n) is 10.4. The molecule has 0 radical (unpaired) electrons. The fourth-order valence-electron chi connectivity index (χ4n) is 7.39. The minimum absolute atomic E-state index is 0.00655. The molecular formula is C45H69N5O25. The van der Waals surface area contributed by atoms with Crippen LogP contribution in [0.3, 0.4) is 0 Å². The fraction of sp³-hybridized carbons (Fsp3) is 0.733. The average Bonchev–Trinajstić information content (AvgIpc) is 3.31. The summed E-state index contributed by atoms with van der Waals surface area (Å²) in [6.07, 6.45) is -13.5. The average molecular weight is 1080 g/mol. The van der Waals surface area contributed by atoms with Crippen molar-refractivity contribution in [2.45, 2.75) is 161 Å². The smallest absolute Gasteiger partial charge is 0.407 e. The summed E-state index contributed by atoms with van der Waals surface area (Å²) in [6, 6.07) is -3.94. The van der Waals surface area contributed by atoms with Gasteiger partial charge in [0.15, 0.2) is 42.8 Å². The maximum Gasteiger partial charge on any atom is 0.407 e. The molecule has 0 spiro atoms. The van der Waals surface area contributed by atoms with E-state index in [1.54, 1.807) is 0 Å². The molecule has 0 bridgehead atoms. The first kappa shape index (κ1) is 64.5. The molecule has 0 saturated carbocycles. The number of alkyl carbamates (subject to hydrolysis) is 1. The molecule has 12 atom stereocenters. The van der Waals surface area contributed by atoms with E-state index in [0.29, 0.717) is 0 Å². The van der Waals surface area contributed by atoms with E-state index < -0.39 is 184 Å². The Labute approximate surface area is 430 Å². The van der Waals surface area contributed by atoms with Crippen LogP contribution in [0.4, 0.5) is 4.79 Å². The quantitative estimate of drug-likeness (QED) is 0.0209. The van der Waals surface area contributed by atoms with Gasteiger partial charge in [-0.2, -0.15) is 0 Å². The summed E-state index contributed by atoms with van der Waals surface area (Å²) in [6.45, 7) is 4.87. The van der Waals surface area contributed by atoms with Crippen LogP contribution in [0.25, 0.3) is 0 Å². The highest BCUT2D eigenvalue weighted by molar-refractivity contribution is 5.89. The van der Waals surface area contributed by atoms with Crippen molar-refractivity contribution in [1.29, 1.82) is 0 Å². The van der Waals surface area contributed by atoms with Crippen molar-refractivity contribution in [3.05, 3.63) is 0 Å². The first-order valence-electron chi connectivity index (χ1n) is 23.6. The summed E-state index contributed by atoms with van der Waals surface area (Å²) >= 11 is 0. The van der Waals surface area contributed by atoms with E-state index in [1.807, 2.05) is 0 Å². The summed E-state index contributed by atoms with van der Waals surface area (Å²) in [5.41, 5.74) is 0. The summed E-state index contributed by atoms with van der Waals surface area (Å²) in [5.74, 6) is -8.28. The zero-order valence-electron chi connectivity index (χ0n) is 42.9. The number of ether oxygens (including phenoxy) is 11. The van der Waals surface area contributed by atoms with Crippen molar-refractivity contribution in [3.63, 3.8) is 0 Å². The second kappa shape index (κ2) is 33.3. The Balaban J connectivity index is 2.22. The molecule has 2 fully saturated rings. The molecule has 2 rings (SSSR count). The van der Waals surface area contributed by atoms with E-state index in [4.69, 9.17) is 57.2 Å². The predicted octanol–water partition coefficient (Wildman–Crippen LogP) is -3.47. The standard InChI is InChI=1S/C45H69N5O25/c1-22(52)48-37-41(72-28(7)58)39(70-26(5)56)33(18-65-24(3)54)74-43(37)67-20-35(62)46-14-10-9-12-31(32(61)13-11-15-47-45(64)69-17-30(60)16-51)50-36(63)21-68-44-38(49-23(2)53)42(73-29(8)59)40(71-27(6)57)34(75-44)19-66-25(4)55/h30-31,33-34,37-44,51,60H,9-21H2,1-8H3,(H,46,62)(H,47,64)(H,48,52)(H,49,53)(H,50,63)/t30-,31+,33-,34-,37-,38-,39+,40+,41-,42-,43-,44-/m1/s1. The van der Waals surface area contributed by atoms with Gasteiger partial charge in [0.05, 0.1) is 12.6 Å². The van der Waals surface area contributed by atoms with Gasteiger partial charge in [-0.05, 0) is 25.7 Å². The highest BCUT2D eigenvalue weighted by atomic mass is 16.7. The van der Waals surface area contributed by atoms with Crippen LogP contribution in [0.2, 0.25) is 0 Å². The van der Waals surface area contributed by atoms with Crippen molar-refractivity contribution in [3.8, 4) is 0 Å². The summed E-state index contributed by atoms with van der Waals surface area (Å²) in [5, 5.41) is 30.9. The van der Waals surface area contributed by atoms with Crippen LogP contribution in [0, 0.1) is 0 Å². The van der Waals surface area contributed by atoms with Crippen LogP contribution in [-0.4, -0.2) is 208 Å². The molecule has 2 heterocycles. The lowest BCUT2D eigenvalue weighted by Gasteiger charge is -2.44. The molecule has 0 aromatic rings. The van der Waals surface area contributed by atoms with Gasteiger partial charge >= 0.3 is 41.9 Å². The number of Topliss-reactive ketones (excluding diaryl/α,β-unsaturated/α-hetero) is 1. The Hall–Kier alpha value is -6.60. The second-order valence-electron chi connectivity index (χ2n) is 17.0. The Morgan fingerprint density at radius 3 is 1.40 bits per heavy atom. The Morgan fingerprint density at radius 2 is 0.973 bits per heavy atom. The van der Waals surface area contributed by atoms with Gasteiger partial charge in [-0.15, -0.1) is 0 Å². The number of esters is 6. The van der Waals surface area contributed by atoms with Crippen molar-refractivity contribution >= 4 is 71.3 Å². The van der Waals surface area contributed by atoms with Gasteiger partial charge in [0.25, 0.3) is 0 Å². The van der Waals surface area contributed by atoms with Crippen LogP contribution in [0.15, 0.2) is 0 Å². The van der Waals surface area contributed by atoms with Gasteiger partial charge in [-0.3, -0.25) is 52.7 Å². The number of rotatable bonds is 30. The number of carbonyl (C=O) groups excluding carboxylic acids is 12. The second-order valence-corrected chi connectivity index (χ2v) is 17.0. The molecule has 2 aliphatic rings. The molecule has 30 nitrogen and oxygen atoms in total. The normalized spacial score (nSPS) is 23.8. The van der Waals surface area contributed by atoms with Gasteiger partial charge < -0.3 is 88.9 Å². The molecule has 7 N–H and O–H groups in total. The number of carbonyl (C=O) groups is 12. The van der Waals surface area contributed by atoms with E-state index in [1.165, 1.54) is 0 Å². The summed E-state index contributed by atoms with van der Waals surface area (Å²) in [7, 11) is 0. The van der Waals surface area contributed by atoms with Crippen LogP contribution in [0.1, 0.15) is 87.5 Å². The lowest BCUT2D eigenvalue weighted by atomic mass is 9.96. The maximum absolute atomic E-state index is 13.6. The number of aliphatic hydroxyl groups excluding tert-OH is 2. The third kappa shape index (κ3) is 25.0. The number of aliphatic hydroxyl groups is 2. The Bertz CT molecular complexity index is 1990. The minimum atomic E-state index is -1.61. The molecule has 5 amide bonds. The Kier molecular flexibility index (Phi) is 28.7. The van der Waals surface area contributed by atoms with E-state index >= 15 is 0 Å².